The zero-order chi connectivity index (χ0) is 54.5. The number of alkyl carbamates (subject to hydrolysis) is 1. The molecular formula is C50H79N6O15P. The van der Waals surface area contributed by atoms with Crippen molar-refractivity contribution in [2.45, 2.75) is 157 Å². The number of carbonyl (C=O) groups excluding carboxylic acids is 8. The van der Waals surface area contributed by atoms with Crippen LogP contribution in [0.2, 0.25) is 0 Å². The molecule has 2 rings (SSSR count). The van der Waals surface area contributed by atoms with Gasteiger partial charge in [-0.15, -0.1) is 0 Å². The number of phosphoric acid groups is 1. The van der Waals surface area contributed by atoms with Crippen LogP contribution < -0.4 is 21.3 Å². The number of ether oxygens (including phenoxy) is 3. The molecule has 0 saturated heterocycles. The predicted octanol–water partition coefficient (Wildman–Crippen LogP) is 4.25. The van der Waals surface area contributed by atoms with Gasteiger partial charge in [0.2, 0.25) is 23.6 Å². The molecule has 1 aromatic rings. The molecule has 1 aromatic carbocycles. The van der Waals surface area contributed by atoms with Gasteiger partial charge < -0.3 is 55.1 Å². The number of allylic oxidation sites excluding steroid dienone is 1. The first kappa shape index (κ1) is 62.5. The van der Waals surface area contributed by atoms with Crippen molar-refractivity contribution in [3.63, 3.8) is 0 Å². The molecule has 0 spiro atoms. The minimum atomic E-state index is -4.61. The average Bonchev–Trinajstić information content (AvgIpc) is 3.32. The van der Waals surface area contributed by atoms with Crippen LogP contribution in [0.3, 0.4) is 0 Å². The maximum absolute atomic E-state index is 14.3. The van der Waals surface area contributed by atoms with E-state index in [1.807, 2.05) is 20.8 Å². The number of nitrogens with one attached hydrogen (secondary N) is 4. The molecule has 404 valence electrons. The Kier molecular flexibility index (Phi) is 26.4. The number of hydrogen-bond donors (Lipinski definition) is 6. The van der Waals surface area contributed by atoms with Gasteiger partial charge in [-0.1, -0.05) is 83.5 Å². The Balaban J connectivity index is 2.65. The fourth-order valence-corrected chi connectivity index (χ4v) is 8.02. The van der Waals surface area contributed by atoms with E-state index in [2.05, 4.69) is 25.8 Å². The summed E-state index contributed by atoms with van der Waals surface area (Å²) >= 11 is 0. The summed E-state index contributed by atoms with van der Waals surface area (Å²) in [7, 11) is -1.81. The van der Waals surface area contributed by atoms with Gasteiger partial charge in [0.1, 0.15) is 36.4 Å². The largest absolute Gasteiger partial charge is 0.469 e. The van der Waals surface area contributed by atoms with Crippen molar-refractivity contribution in [3.8, 4) is 0 Å². The van der Waals surface area contributed by atoms with Gasteiger partial charge in [0.05, 0.1) is 13.2 Å². The van der Waals surface area contributed by atoms with Gasteiger partial charge in [0.15, 0.2) is 6.10 Å². The molecule has 0 saturated carbocycles. The van der Waals surface area contributed by atoms with Crippen molar-refractivity contribution in [2.75, 3.05) is 33.8 Å². The minimum Gasteiger partial charge on any atom is -0.456 e. The molecule has 0 fully saturated rings. The first-order valence-corrected chi connectivity index (χ1v) is 26.0. The number of nitrogens with zero attached hydrogens (tertiary/aromatic N) is 2. The maximum Gasteiger partial charge on any atom is 0.469 e. The van der Waals surface area contributed by atoms with Gasteiger partial charge in [-0.2, -0.15) is 0 Å². The Morgan fingerprint density at radius 2 is 1.56 bits per heavy atom. The van der Waals surface area contributed by atoms with Crippen molar-refractivity contribution in [3.05, 3.63) is 59.2 Å². The minimum absolute atomic E-state index is 0.0440. The molecule has 22 heteroatoms. The fourth-order valence-electron chi connectivity index (χ4n) is 7.65. The Hall–Kier alpha value is -5.63. The standard InChI is InChI=1S/C50H79N6O15P/c1-13-31(5)42-45(59)53-36(10)49(63)71-43(32(6)14-2)34(8)39(70-50(64)51-25-19-16-20-26-68-72(65,66)67)24-23-33(7)48(62)69-40(27-30(3)4)44(58)52-35(9)46(60)56(12)38(28-37-21-17-15-18-22-37)47(61)55(11)29-41(57)54-42/h14-15,17-18,21-23,30-31,34-36,38-40,42-43H,13,16,19-20,24-29H2,1-12H3,(H,51,64)(H,52,58)(H,53,59)(H,54,57)(H2,65,66,67)/b32-14+,33-23+/t31?,34-,35-,36+,38+,39-,40+,42-,43?/m0/s1. The SMILES string of the molecule is C/C=C(\C)C1OC(=O)[C@@H](C)NC(=O)[C@H](C(C)CC)NC(=O)CN(C)C(=O)[C@@H](Cc2ccccc2)N(C)C(=O)[C@H](C)NC(=O)[C@@H](CC(C)C)OC(=O)/C(C)=C/C[C@H](OC(=O)NCCCCCOP(=O)(O)O)[C@@H]1C. The van der Waals surface area contributed by atoms with Gasteiger partial charge in [0, 0.05) is 45.0 Å². The van der Waals surface area contributed by atoms with E-state index in [4.69, 9.17) is 24.0 Å². The lowest BCUT2D eigenvalue weighted by atomic mass is 9.90. The number of likely N-dealkylation sites (N-methyl/N-ethyl adjacent to an activating group) is 2. The molecule has 21 nitrogen and oxygen atoms in total. The summed E-state index contributed by atoms with van der Waals surface area (Å²) < 4.78 is 33.2. The van der Waals surface area contributed by atoms with Crippen molar-refractivity contribution >= 4 is 55.4 Å². The first-order valence-electron chi connectivity index (χ1n) is 24.5. The highest BCUT2D eigenvalue weighted by Crippen LogP contribution is 2.35. The summed E-state index contributed by atoms with van der Waals surface area (Å²) in [5.74, 6) is -6.49. The zero-order valence-corrected chi connectivity index (χ0v) is 44.8. The lowest BCUT2D eigenvalue weighted by Crippen LogP contribution is -2.57. The summed E-state index contributed by atoms with van der Waals surface area (Å²) in [4.78, 5) is 131. The molecule has 0 radical (unpaired) electrons. The highest BCUT2D eigenvalue weighted by Gasteiger charge is 2.37. The van der Waals surface area contributed by atoms with Crippen molar-refractivity contribution in [1.82, 2.24) is 31.1 Å². The second-order valence-corrected chi connectivity index (χ2v) is 20.1. The number of hydrogen-bond acceptors (Lipinski definition) is 13. The van der Waals surface area contributed by atoms with Crippen LogP contribution in [-0.4, -0.2) is 143 Å². The fraction of sp³-hybridized carbons (Fsp3) is 0.640. The van der Waals surface area contributed by atoms with E-state index in [9.17, 15) is 42.9 Å². The van der Waals surface area contributed by atoms with Gasteiger partial charge in [-0.25, -0.2) is 18.9 Å². The summed E-state index contributed by atoms with van der Waals surface area (Å²) in [6.07, 6.45) is 0.491. The lowest BCUT2D eigenvalue weighted by Gasteiger charge is -2.33. The van der Waals surface area contributed by atoms with E-state index < -0.39 is 116 Å². The molecule has 1 heterocycles. The van der Waals surface area contributed by atoms with Gasteiger partial charge >= 0.3 is 25.9 Å². The van der Waals surface area contributed by atoms with Gasteiger partial charge in [0.25, 0.3) is 5.91 Å². The van der Waals surface area contributed by atoms with Crippen LogP contribution >= 0.6 is 7.82 Å². The number of cyclic esters (lactones) is 2. The second-order valence-electron chi connectivity index (χ2n) is 18.9. The van der Waals surface area contributed by atoms with Crippen LogP contribution in [-0.2, 0) is 63.3 Å². The van der Waals surface area contributed by atoms with Crippen LogP contribution in [0.15, 0.2) is 53.6 Å². The second kappa shape index (κ2) is 30.4. The van der Waals surface area contributed by atoms with E-state index in [-0.39, 0.29) is 43.9 Å². The maximum atomic E-state index is 14.3. The predicted molar refractivity (Wildman–Crippen MR) is 267 cm³/mol. The smallest absolute Gasteiger partial charge is 0.456 e. The van der Waals surface area contributed by atoms with E-state index >= 15 is 0 Å². The summed E-state index contributed by atoms with van der Waals surface area (Å²) in [5.41, 5.74) is 1.31. The Morgan fingerprint density at radius 1 is 0.917 bits per heavy atom. The molecule has 6 N–H and O–H groups in total. The van der Waals surface area contributed by atoms with Gasteiger partial charge in [-0.05, 0) is 83.3 Å². The Bertz CT molecular complexity index is 2110. The average molecular weight is 1040 g/mol. The molecule has 6 amide bonds. The third-order valence-electron chi connectivity index (χ3n) is 12.4. The number of amides is 6. The van der Waals surface area contributed by atoms with Crippen LogP contribution in [0.25, 0.3) is 0 Å². The molecule has 0 bridgehead atoms. The number of unbranched alkanes of at least 4 members (excludes halogenated alkanes) is 2. The van der Waals surface area contributed by atoms with E-state index in [0.717, 1.165) is 4.90 Å². The van der Waals surface area contributed by atoms with Crippen LogP contribution in [0, 0.1) is 17.8 Å². The monoisotopic (exact) mass is 1030 g/mol. The third-order valence-corrected chi connectivity index (χ3v) is 12.9. The number of benzene rings is 1. The number of phosphoric ester groups is 1. The van der Waals surface area contributed by atoms with Crippen LogP contribution in [0.4, 0.5) is 4.79 Å². The van der Waals surface area contributed by atoms with Crippen molar-refractivity contribution in [2.24, 2.45) is 17.8 Å². The number of rotatable bonds is 15. The van der Waals surface area contributed by atoms with Crippen LogP contribution in [0.5, 0.6) is 0 Å². The molecule has 2 unspecified atom stereocenters. The van der Waals surface area contributed by atoms with Crippen LogP contribution in [0.1, 0.15) is 113 Å². The topological polar surface area (TPSA) is 286 Å². The molecule has 1 aliphatic rings. The van der Waals surface area contributed by atoms with Gasteiger partial charge in [-0.3, -0.25) is 28.5 Å². The van der Waals surface area contributed by atoms with E-state index in [1.54, 1.807) is 64.1 Å². The first-order chi connectivity index (χ1) is 33.7. The molecular weight excluding hydrogens is 956 g/mol. The van der Waals surface area contributed by atoms with E-state index in [0.29, 0.717) is 36.8 Å². The quantitative estimate of drug-likeness (QED) is 0.0471. The molecule has 0 aliphatic carbocycles. The number of carbonyl (C=O) groups is 8. The van der Waals surface area contributed by atoms with E-state index in [1.165, 1.54) is 45.8 Å². The summed E-state index contributed by atoms with van der Waals surface area (Å²) in [5, 5.41) is 10.7. The van der Waals surface area contributed by atoms with Crippen molar-refractivity contribution < 1.29 is 71.4 Å². The highest BCUT2D eigenvalue weighted by molar-refractivity contribution is 7.46. The summed E-state index contributed by atoms with van der Waals surface area (Å²) in [6, 6.07) is 4.16. The molecule has 9 atom stereocenters. The number of esters is 2. The zero-order valence-electron chi connectivity index (χ0n) is 43.9. The normalized spacial score (nSPS) is 25.8. The lowest BCUT2D eigenvalue weighted by molar-refractivity contribution is -0.155. The Morgan fingerprint density at radius 3 is 2.15 bits per heavy atom. The summed E-state index contributed by atoms with van der Waals surface area (Å²) in [6.45, 7) is 16.1. The third kappa shape index (κ3) is 21.2. The molecule has 72 heavy (non-hydrogen) atoms. The Labute approximate surface area is 424 Å². The molecule has 0 aromatic heterocycles. The molecule has 1 aliphatic heterocycles. The highest BCUT2D eigenvalue weighted by atomic mass is 31.2. The van der Waals surface area contributed by atoms with Crippen molar-refractivity contribution in [1.29, 1.82) is 0 Å².